The van der Waals surface area contributed by atoms with Gasteiger partial charge in [-0.2, -0.15) is 10.4 Å². The molecule has 0 radical (unpaired) electrons. The van der Waals surface area contributed by atoms with Crippen LogP contribution >= 0.6 is 0 Å². The van der Waals surface area contributed by atoms with Crippen molar-refractivity contribution in [2.45, 2.75) is 38.3 Å². The molecule has 1 saturated carbocycles. The van der Waals surface area contributed by atoms with Gasteiger partial charge in [0.2, 0.25) is 0 Å². The van der Waals surface area contributed by atoms with Crippen LogP contribution in [0.1, 0.15) is 25.7 Å². The Labute approximate surface area is 224 Å². The largest absolute Gasteiger partial charge is 0.454 e. The molecule has 2 aliphatic rings. The Bertz CT molecular complexity index is 1620. The number of allylic oxidation sites excluding steroid dienone is 1. The Balaban J connectivity index is 1.31. The normalized spacial score (nSPS) is 17.4. The minimum absolute atomic E-state index is 0.0885. The summed E-state index contributed by atoms with van der Waals surface area (Å²) in [5.41, 5.74) is 7.88. The van der Waals surface area contributed by atoms with E-state index in [1.807, 2.05) is 18.2 Å². The summed E-state index contributed by atoms with van der Waals surface area (Å²) in [6.07, 6.45) is 6.80. The number of carbonyl (C=O) groups is 1. The Kier molecular flexibility index (Phi) is 6.40. The molecule has 1 amide bonds. The number of nitrogens with zero attached hydrogens (tertiary/aromatic N) is 6. The molecule has 1 atom stereocenters. The quantitative estimate of drug-likeness (QED) is 0.271. The summed E-state index contributed by atoms with van der Waals surface area (Å²) < 4.78 is 22.5. The van der Waals surface area contributed by atoms with Gasteiger partial charge in [0.15, 0.2) is 17.2 Å². The van der Waals surface area contributed by atoms with Gasteiger partial charge in [-0.3, -0.25) is 4.79 Å². The minimum Gasteiger partial charge on any atom is -0.454 e. The van der Waals surface area contributed by atoms with Gasteiger partial charge < -0.3 is 15.4 Å². The fourth-order valence-corrected chi connectivity index (χ4v) is 5.01. The second-order valence-corrected chi connectivity index (χ2v) is 9.87. The molecule has 2 aromatic heterocycles. The highest BCUT2D eigenvalue weighted by atomic mass is 19.1. The van der Waals surface area contributed by atoms with Crippen LogP contribution in [0.4, 0.5) is 10.2 Å². The second-order valence-electron chi connectivity index (χ2n) is 9.87. The van der Waals surface area contributed by atoms with E-state index in [2.05, 4.69) is 16.0 Å². The van der Waals surface area contributed by atoms with Gasteiger partial charge >= 0.3 is 0 Å². The number of fused-ring (bicyclic) bond motifs is 1. The number of para-hydroxylation sites is 1. The zero-order chi connectivity index (χ0) is 26.9. The molecule has 196 valence electrons. The molecule has 10 heteroatoms. The summed E-state index contributed by atoms with van der Waals surface area (Å²) in [6.45, 7) is 0.934. The van der Waals surface area contributed by atoms with Gasteiger partial charge in [-0.15, -0.1) is 0 Å². The molecule has 6 rings (SSSR count). The zero-order valence-corrected chi connectivity index (χ0v) is 21.1. The number of nitrogens with two attached hydrogens (primary N) is 1. The number of rotatable bonds is 7. The molecule has 0 spiro atoms. The van der Waals surface area contributed by atoms with Gasteiger partial charge in [-0.05, 0) is 61.9 Å². The topological polar surface area (TPSA) is 123 Å². The number of ether oxygens (including phenoxy) is 1. The maximum absolute atomic E-state index is 15.1. The Morgan fingerprint density at radius 3 is 2.74 bits per heavy atom. The number of nitrogen functional groups attached to an aromatic ring is 1. The Morgan fingerprint density at radius 1 is 1.18 bits per heavy atom. The molecule has 0 unspecified atom stereocenters. The van der Waals surface area contributed by atoms with Crippen molar-refractivity contribution in [1.29, 1.82) is 5.26 Å². The molecule has 9 nitrogen and oxygen atoms in total. The number of aromatic nitrogens is 4. The average Bonchev–Trinajstić information content (AvgIpc) is 3.52. The number of anilines is 1. The van der Waals surface area contributed by atoms with Crippen LogP contribution in [-0.4, -0.2) is 43.1 Å². The maximum Gasteiger partial charge on any atom is 0.264 e. The van der Waals surface area contributed by atoms with Crippen molar-refractivity contribution in [3.05, 3.63) is 72.3 Å². The smallest absolute Gasteiger partial charge is 0.264 e. The Morgan fingerprint density at radius 2 is 2.00 bits per heavy atom. The first kappa shape index (κ1) is 24.6. The van der Waals surface area contributed by atoms with Crippen molar-refractivity contribution < 1.29 is 13.9 Å². The molecular formula is C29H26FN7O2. The summed E-state index contributed by atoms with van der Waals surface area (Å²) in [4.78, 5) is 23.5. The number of hydrogen-bond acceptors (Lipinski definition) is 7. The number of carbonyl (C=O) groups excluding carboxylic acids is 1. The first-order valence-corrected chi connectivity index (χ1v) is 12.9. The van der Waals surface area contributed by atoms with E-state index in [0.29, 0.717) is 47.0 Å². The second kappa shape index (κ2) is 10.2. The SMILES string of the molecule is N#CC(=CC1CC1)C(=O)N1CCC[C@H]1Cn1nc(-c2ccc(Oc3ccccc3)c(F)c2)c2c(N)ncnc21. The summed E-state index contributed by atoms with van der Waals surface area (Å²) in [7, 11) is 0. The van der Waals surface area contributed by atoms with Crippen LogP contribution in [0.2, 0.25) is 0 Å². The number of benzene rings is 2. The molecule has 1 aliphatic heterocycles. The van der Waals surface area contributed by atoms with E-state index in [1.54, 1.807) is 39.9 Å². The van der Waals surface area contributed by atoms with E-state index < -0.39 is 5.82 Å². The monoisotopic (exact) mass is 523 g/mol. The van der Waals surface area contributed by atoms with Crippen molar-refractivity contribution >= 4 is 22.8 Å². The lowest BCUT2D eigenvalue weighted by Gasteiger charge is -2.24. The van der Waals surface area contributed by atoms with Crippen molar-refractivity contribution in [1.82, 2.24) is 24.6 Å². The highest BCUT2D eigenvalue weighted by molar-refractivity contribution is 5.99. The van der Waals surface area contributed by atoms with E-state index in [4.69, 9.17) is 15.6 Å². The first-order chi connectivity index (χ1) is 19.0. The number of amides is 1. The lowest BCUT2D eigenvalue weighted by molar-refractivity contribution is -0.127. The number of hydrogen-bond donors (Lipinski definition) is 1. The lowest BCUT2D eigenvalue weighted by atomic mass is 10.1. The van der Waals surface area contributed by atoms with Gasteiger partial charge in [-0.1, -0.05) is 24.3 Å². The summed E-state index contributed by atoms with van der Waals surface area (Å²) in [6, 6.07) is 15.5. The standard InChI is InChI=1S/C29H26FN7O2/c30-23-14-19(10-11-24(23)39-22-6-2-1-3-7-22)26-25-27(32)33-17-34-28(25)37(35-26)16-21-5-4-12-36(21)29(38)20(15-31)13-18-8-9-18/h1-3,6-7,10-11,13-14,17-18,21H,4-5,8-9,12,16H2,(H2,32,33,34)/t21-/m0/s1. The van der Waals surface area contributed by atoms with Crippen LogP contribution in [0.25, 0.3) is 22.3 Å². The predicted octanol–water partition coefficient (Wildman–Crippen LogP) is 4.86. The van der Waals surface area contributed by atoms with Crippen LogP contribution in [-0.2, 0) is 11.3 Å². The lowest BCUT2D eigenvalue weighted by Crippen LogP contribution is -2.39. The third kappa shape index (κ3) is 4.91. The summed E-state index contributed by atoms with van der Waals surface area (Å²) >= 11 is 0. The maximum atomic E-state index is 15.1. The van der Waals surface area contributed by atoms with Crippen molar-refractivity contribution in [2.24, 2.45) is 5.92 Å². The van der Waals surface area contributed by atoms with E-state index in [1.165, 1.54) is 12.4 Å². The molecule has 2 N–H and O–H groups in total. The summed E-state index contributed by atoms with van der Waals surface area (Å²) in [5.74, 6) is 0.378. The van der Waals surface area contributed by atoms with Crippen LogP contribution in [0.15, 0.2) is 66.5 Å². The van der Waals surface area contributed by atoms with E-state index in [9.17, 15) is 10.1 Å². The average molecular weight is 524 g/mol. The molecular weight excluding hydrogens is 497 g/mol. The minimum atomic E-state index is -0.548. The van der Waals surface area contributed by atoms with Gasteiger partial charge in [0.1, 0.15) is 35.2 Å². The molecule has 2 fully saturated rings. The van der Waals surface area contributed by atoms with Gasteiger partial charge in [-0.25, -0.2) is 19.0 Å². The van der Waals surface area contributed by atoms with Crippen molar-refractivity contribution in [2.75, 3.05) is 12.3 Å². The van der Waals surface area contributed by atoms with Crippen LogP contribution in [0, 0.1) is 23.1 Å². The number of nitriles is 1. The molecule has 2 aromatic carbocycles. The van der Waals surface area contributed by atoms with Crippen molar-refractivity contribution in [3.63, 3.8) is 0 Å². The van der Waals surface area contributed by atoms with Gasteiger partial charge in [0, 0.05) is 12.1 Å². The van der Waals surface area contributed by atoms with Crippen molar-refractivity contribution in [3.8, 4) is 28.8 Å². The van der Waals surface area contributed by atoms with E-state index >= 15 is 4.39 Å². The summed E-state index contributed by atoms with van der Waals surface area (Å²) in [5, 5.41) is 14.9. The molecule has 1 aliphatic carbocycles. The molecule has 4 aromatic rings. The fourth-order valence-electron chi connectivity index (χ4n) is 5.01. The third-order valence-electron chi connectivity index (χ3n) is 7.13. The highest BCUT2D eigenvalue weighted by Gasteiger charge is 2.33. The molecule has 0 bridgehead atoms. The molecule has 39 heavy (non-hydrogen) atoms. The zero-order valence-electron chi connectivity index (χ0n) is 21.1. The van der Waals surface area contributed by atoms with Gasteiger partial charge in [0.25, 0.3) is 5.91 Å². The Hall–Kier alpha value is -4.78. The third-order valence-corrected chi connectivity index (χ3v) is 7.13. The van der Waals surface area contributed by atoms with Crippen LogP contribution in [0.3, 0.4) is 0 Å². The fraction of sp³-hybridized carbons (Fsp3) is 0.276. The van der Waals surface area contributed by atoms with Crippen LogP contribution < -0.4 is 10.5 Å². The first-order valence-electron chi connectivity index (χ1n) is 12.9. The molecule has 3 heterocycles. The highest BCUT2D eigenvalue weighted by Crippen LogP contribution is 2.35. The number of likely N-dealkylation sites (tertiary alicyclic amines) is 1. The van der Waals surface area contributed by atoms with Gasteiger partial charge in [0.05, 0.1) is 18.0 Å². The molecule has 1 saturated heterocycles. The van der Waals surface area contributed by atoms with E-state index in [-0.39, 0.29) is 29.1 Å². The van der Waals surface area contributed by atoms with E-state index in [0.717, 1.165) is 25.7 Å². The number of halogens is 1. The predicted molar refractivity (Wildman–Crippen MR) is 143 cm³/mol. The van der Waals surface area contributed by atoms with Crippen LogP contribution in [0.5, 0.6) is 11.5 Å².